The van der Waals surface area contributed by atoms with Gasteiger partial charge >= 0.3 is 0 Å². The van der Waals surface area contributed by atoms with Gasteiger partial charge in [0.1, 0.15) is 16.9 Å². The van der Waals surface area contributed by atoms with Crippen LogP contribution in [0.1, 0.15) is 6.42 Å². The van der Waals surface area contributed by atoms with E-state index in [9.17, 15) is 9.18 Å². The molecule has 0 spiro atoms. The van der Waals surface area contributed by atoms with Crippen molar-refractivity contribution in [2.45, 2.75) is 13.0 Å². The van der Waals surface area contributed by atoms with Gasteiger partial charge in [-0.25, -0.2) is 9.37 Å². The van der Waals surface area contributed by atoms with E-state index >= 15 is 0 Å². The summed E-state index contributed by atoms with van der Waals surface area (Å²) in [6.45, 7) is 1.53. The molecule has 0 radical (unpaired) electrons. The molecule has 0 bridgehead atoms. The second-order valence-electron chi connectivity index (χ2n) is 5.82. The highest BCUT2D eigenvalue weighted by molar-refractivity contribution is 6.05. The molecule has 0 N–H and O–H groups in total. The monoisotopic (exact) mass is 302 g/mol. The average molecular weight is 302 g/mol. The van der Waals surface area contributed by atoms with Crippen molar-refractivity contribution in [3.05, 3.63) is 40.7 Å². The van der Waals surface area contributed by atoms with Crippen LogP contribution >= 0.6 is 0 Å². The van der Waals surface area contributed by atoms with Crippen LogP contribution in [-0.2, 0) is 13.6 Å². The van der Waals surface area contributed by atoms with E-state index in [0.29, 0.717) is 23.0 Å². The van der Waals surface area contributed by atoms with Crippen LogP contribution in [0.3, 0.4) is 0 Å². The van der Waals surface area contributed by atoms with E-state index < -0.39 is 0 Å². The van der Waals surface area contributed by atoms with Crippen LogP contribution in [0.2, 0.25) is 0 Å². The quantitative estimate of drug-likeness (QED) is 0.740. The third-order valence-electron chi connectivity index (χ3n) is 3.93. The standard InChI is InChI=1S/C16H19FN4O/c1-19(2)7-4-8-21-10-18-14-12-9-11(17)5-6-13(12)20(3)15(14)16(21)22/h5-6,9-10H,4,7-8H2,1-3H3. The molecule has 0 atom stereocenters. The predicted molar refractivity (Wildman–Crippen MR) is 85.6 cm³/mol. The van der Waals surface area contributed by atoms with Gasteiger partial charge in [-0.15, -0.1) is 0 Å². The number of fused-ring (bicyclic) bond motifs is 3. The maximum Gasteiger partial charge on any atom is 0.277 e. The Bertz CT molecular complexity index is 894. The van der Waals surface area contributed by atoms with Gasteiger partial charge in [-0.2, -0.15) is 0 Å². The predicted octanol–water partition coefficient (Wildman–Crippen LogP) is 1.98. The van der Waals surface area contributed by atoms with Gasteiger partial charge in [0.15, 0.2) is 0 Å². The number of hydrogen-bond acceptors (Lipinski definition) is 3. The number of hydrogen-bond donors (Lipinski definition) is 0. The molecule has 6 heteroatoms. The molecule has 0 aliphatic rings. The van der Waals surface area contributed by atoms with Crippen molar-refractivity contribution in [1.82, 2.24) is 19.0 Å². The molecule has 0 saturated heterocycles. The number of rotatable bonds is 4. The highest BCUT2D eigenvalue weighted by Gasteiger charge is 2.14. The van der Waals surface area contributed by atoms with Crippen LogP contribution in [0.15, 0.2) is 29.3 Å². The van der Waals surface area contributed by atoms with Crippen molar-refractivity contribution < 1.29 is 4.39 Å². The fourth-order valence-corrected chi connectivity index (χ4v) is 2.81. The molecule has 0 fully saturated rings. The Morgan fingerprint density at radius 1 is 1.32 bits per heavy atom. The summed E-state index contributed by atoms with van der Waals surface area (Å²) in [7, 11) is 5.82. The number of halogens is 1. The zero-order valence-electron chi connectivity index (χ0n) is 13.0. The molecule has 0 aliphatic heterocycles. The zero-order valence-corrected chi connectivity index (χ0v) is 13.0. The molecule has 2 aromatic heterocycles. The number of nitrogens with zero attached hydrogens (tertiary/aromatic N) is 4. The molecular formula is C16H19FN4O. The first kappa shape index (κ1) is 14.7. The molecule has 0 aliphatic carbocycles. The fourth-order valence-electron chi connectivity index (χ4n) is 2.81. The van der Waals surface area contributed by atoms with Gasteiger partial charge < -0.3 is 9.47 Å². The minimum Gasteiger partial charge on any atom is -0.338 e. The summed E-state index contributed by atoms with van der Waals surface area (Å²) < 4.78 is 16.9. The smallest absolute Gasteiger partial charge is 0.277 e. The molecule has 3 rings (SSSR count). The normalized spacial score (nSPS) is 11.9. The van der Waals surface area contributed by atoms with E-state index in [-0.39, 0.29) is 11.4 Å². The Morgan fingerprint density at radius 2 is 2.09 bits per heavy atom. The van der Waals surface area contributed by atoms with Crippen LogP contribution in [-0.4, -0.2) is 39.7 Å². The molecule has 0 unspecified atom stereocenters. The van der Waals surface area contributed by atoms with E-state index in [1.807, 2.05) is 21.1 Å². The minimum absolute atomic E-state index is 0.0807. The molecular weight excluding hydrogens is 283 g/mol. The third-order valence-corrected chi connectivity index (χ3v) is 3.93. The van der Waals surface area contributed by atoms with Crippen LogP contribution < -0.4 is 5.56 Å². The number of benzene rings is 1. The maximum atomic E-state index is 13.5. The highest BCUT2D eigenvalue weighted by Crippen LogP contribution is 2.24. The highest BCUT2D eigenvalue weighted by atomic mass is 19.1. The van der Waals surface area contributed by atoms with Crippen LogP contribution in [0.5, 0.6) is 0 Å². The minimum atomic E-state index is -0.322. The fraction of sp³-hybridized carbons (Fsp3) is 0.375. The van der Waals surface area contributed by atoms with Crippen molar-refractivity contribution in [2.24, 2.45) is 7.05 Å². The van der Waals surface area contributed by atoms with Gasteiger partial charge in [0, 0.05) is 19.0 Å². The summed E-state index contributed by atoms with van der Waals surface area (Å²) in [6.07, 6.45) is 2.43. The van der Waals surface area contributed by atoms with Gasteiger partial charge in [-0.3, -0.25) is 9.36 Å². The molecule has 116 valence electrons. The van der Waals surface area contributed by atoms with Crippen LogP contribution in [0.4, 0.5) is 4.39 Å². The van der Waals surface area contributed by atoms with Crippen molar-refractivity contribution in [3.8, 4) is 0 Å². The van der Waals surface area contributed by atoms with Crippen LogP contribution in [0, 0.1) is 5.82 Å². The average Bonchev–Trinajstić information content (AvgIpc) is 2.74. The van der Waals surface area contributed by atoms with Crippen molar-refractivity contribution in [1.29, 1.82) is 0 Å². The lowest BCUT2D eigenvalue weighted by Gasteiger charge is -2.10. The second-order valence-corrected chi connectivity index (χ2v) is 5.82. The summed E-state index contributed by atoms with van der Waals surface area (Å²) in [5.74, 6) is -0.322. The van der Waals surface area contributed by atoms with Gasteiger partial charge in [0.25, 0.3) is 5.56 Å². The topological polar surface area (TPSA) is 43.1 Å². The lowest BCUT2D eigenvalue weighted by molar-refractivity contribution is 0.384. The first-order valence-electron chi connectivity index (χ1n) is 7.27. The van der Waals surface area contributed by atoms with Crippen molar-refractivity contribution in [3.63, 3.8) is 0 Å². The first-order chi connectivity index (χ1) is 10.5. The van der Waals surface area contributed by atoms with Crippen LogP contribution in [0.25, 0.3) is 21.9 Å². The van der Waals surface area contributed by atoms with Gasteiger partial charge in [0.2, 0.25) is 0 Å². The van der Waals surface area contributed by atoms with Crippen molar-refractivity contribution >= 4 is 21.9 Å². The van der Waals surface area contributed by atoms with Gasteiger partial charge in [-0.1, -0.05) is 0 Å². The Labute approximate surface area is 127 Å². The Kier molecular flexibility index (Phi) is 3.70. The third kappa shape index (κ3) is 2.39. The summed E-state index contributed by atoms with van der Waals surface area (Å²) >= 11 is 0. The Morgan fingerprint density at radius 3 is 2.82 bits per heavy atom. The maximum absolute atomic E-state index is 13.5. The summed E-state index contributed by atoms with van der Waals surface area (Å²) in [5.41, 5.74) is 1.81. The van der Waals surface area contributed by atoms with E-state index in [1.165, 1.54) is 12.1 Å². The van der Waals surface area contributed by atoms with Gasteiger partial charge in [0.05, 0.1) is 11.8 Å². The molecule has 2 heterocycles. The second kappa shape index (κ2) is 5.53. The lowest BCUT2D eigenvalue weighted by atomic mass is 10.2. The first-order valence-corrected chi connectivity index (χ1v) is 7.27. The molecule has 22 heavy (non-hydrogen) atoms. The van der Waals surface area contributed by atoms with E-state index in [2.05, 4.69) is 9.88 Å². The molecule has 5 nitrogen and oxygen atoms in total. The van der Waals surface area contributed by atoms with E-state index in [1.54, 1.807) is 21.5 Å². The van der Waals surface area contributed by atoms with Crippen molar-refractivity contribution in [2.75, 3.05) is 20.6 Å². The molecule has 0 amide bonds. The Hall–Kier alpha value is -2.21. The van der Waals surface area contributed by atoms with E-state index in [0.717, 1.165) is 18.5 Å². The molecule has 3 aromatic rings. The van der Waals surface area contributed by atoms with E-state index in [4.69, 9.17) is 0 Å². The Balaban J connectivity index is 2.13. The summed E-state index contributed by atoms with van der Waals surface area (Å²) in [4.78, 5) is 19.1. The SMILES string of the molecule is CN(C)CCCn1cnc2c3cc(F)ccc3n(C)c2c1=O. The molecule has 1 aromatic carbocycles. The number of aryl methyl sites for hydroxylation is 2. The molecule has 0 saturated carbocycles. The van der Waals surface area contributed by atoms with Gasteiger partial charge in [-0.05, 0) is 45.3 Å². The number of aromatic nitrogens is 3. The lowest BCUT2D eigenvalue weighted by Crippen LogP contribution is -2.24. The summed E-state index contributed by atoms with van der Waals surface area (Å²) in [5, 5.41) is 0.676. The largest absolute Gasteiger partial charge is 0.338 e. The summed E-state index contributed by atoms with van der Waals surface area (Å²) in [6, 6.07) is 4.51. The zero-order chi connectivity index (χ0) is 15.9.